The molecule has 0 amide bonds. The molecule has 6 heteroatoms. The van der Waals surface area contributed by atoms with Gasteiger partial charge in [0.05, 0.1) is 17.1 Å². The third kappa shape index (κ3) is 2.56. The Kier molecular flexibility index (Phi) is 3.60. The molecular weight excluding hydrogens is 360 g/mol. The molecule has 4 aromatic rings. The first-order valence-corrected chi connectivity index (χ1v) is 10.4. The number of aromatic nitrogens is 2. The molecule has 1 atom stereocenters. The quantitative estimate of drug-likeness (QED) is 0.585. The van der Waals surface area contributed by atoms with Gasteiger partial charge in [0.25, 0.3) is 10.0 Å². The van der Waals surface area contributed by atoms with Crippen molar-refractivity contribution in [2.45, 2.75) is 23.8 Å². The van der Waals surface area contributed by atoms with E-state index < -0.39 is 16.1 Å². The predicted molar refractivity (Wildman–Crippen MR) is 104 cm³/mol. The molecule has 1 unspecified atom stereocenters. The fraction of sp³-hybridized carbons (Fsp3) is 0.190. The lowest BCUT2D eigenvalue weighted by atomic mass is 10.0. The lowest BCUT2D eigenvalue weighted by molar-refractivity contribution is 0.155. The Morgan fingerprint density at radius 1 is 1.04 bits per heavy atom. The number of aliphatic hydroxyl groups excluding tert-OH is 1. The van der Waals surface area contributed by atoms with Gasteiger partial charge in [0, 0.05) is 23.2 Å². The summed E-state index contributed by atoms with van der Waals surface area (Å²) in [6.07, 6.45) is 4.63. The fourth-order valence-corrected chi connectivity index (χ4v) is 5.21. The van der Waals surface area contributed by atoms with Gasteiger partial charge < -0.3 is 5.11 Å². The molecule has 0 spiro atoms. The van der Waals surface area contributed by atoms with Crippen molar-refractivity contribution in [2.75, 3.05) is 0 Å². The Morgan fingerprint density at radius 2 is 1.81 bits per heavy atom. The van der Waals surface area contributed by atoms with Crippen LogP contribution in [0.15, 0.2) is 71.9 Å². The zero-order valence-corrected chi connectivity index (χ0v) is 15.3. The Labute approximate surface area is 156 Å². The van der Waals surface area contributed by atoms with E-state index in [9.17, 15) is 13.5 Å². The van der Waals surface area contributed by atoms with Crippen molar-refractivity contribution >= 4 is 31.8 Å². The highest BCUT2D eigenvalue weighted by atomic mass is 32.2. The summed E-state index contributed by atoms with van der Waals surface area (Å²) in [5, 5.41) is 12.1. The van der Waals surface area contributed by atoms with Crippen molar-refractivity contribution in [1.82, 2.24) is 8.96 Å². The summed E-state index contributed by atoms with van der Waals surface area (Å²) in [5.41, 5.74) is 1.82. The largest absolute Gasteiger partial charge is 0.388 e. The van der Waals surface area contributed by atoms with Crippen LogP contribution in [0.25, 0.3) is 21.8 Å². The standard InChI is InChI=1S/C21H18N2O3S/c24-21(15-9-10-15)17-6-2-7-18-16(17)11-13-23(18)27(25,26)19-8-1-4-14-5-3-12-22-20(14)19/h1-8,11-13,15,21,24H,9-10H2. The normalized spacial score (nSPS) is 16.0. The molecule has 5 nitrogen and oxygen atoms in total. The maximum atomic E-state index is 13.4. The molecule has 1 fully saturated rings. The van der Waals surface area contributed by atoms with Gasteiger partial charge in [-0.25, -0.2) is 12.4 Å². The lowest BCUT2D eigenvalue weighted by Crippen LogP contribution is -2.13. The molecule has 136 valence electrons. The molecule has 2 heterocycles. The van der Waals surface area contributed by atoms with E-state index in [1.54, 1.807) is 48.8 Å². The molecule has 2 aromatic heterocycles. The molecular formula is C21H18N2O3S. The highest BCUT2D eigenvalue weighted by molar-refractivity contribution is 7.90. The molecule has 1 N–H and O–H groups in total. The third-order valence-corrected chi connectivity index (χ3v) is 6.97. The summed E-state index contributed by atoms with van der Waals surface area (Å²) in [4.78, 5) is 4.45. The highest BCUT2D eigenvalue weighted by Crippen LogP contribution is 2.43. The van der Waals surface area contributed by atoms with Gasteiger partial charge in [-0.3, -0.25) is 4.98 Å². The van der Waals surface area contributed by atoms with E-state index in [1.807, 2.05) is 18.2 Å². The molecule has 0 radical (unpaired) electrons. The molecule has 5 rings (SSSR count). The van der Waals surface area contributed by atoms with Crippen molar-refractivity contribution in [3.63, 3.8) is 0 Å². The van der Waals surface area contributed by atoms with E-state index in [0.717, 1.165) is 29.2 Å². The first-order valence-electron chi connectivity index (χ1n) is 8.95. The van der Waals surface area contributed by atoms with Crippen LogP contribution in [0.3, 0.4) is 0 Å². The predicted octanol–water partition coefficient (Wildman–Crippen LogP) is 3.87. The van der Waals surface area contributed by atoms with Gasteiger partial charge >= 0.3 is 0 Å². The second-order valence-corrected chi connectivity index (χ2v) is 8.79. The molecule has 1 aliphatic rings. The van der Waals surface area contributed by atoms with Crippen molar-refractivity contribution in [1.29, 1.82) is 0 Å². The summed E-state index contributed by atoms with van der Waals surface area (Å²) in [5.74, 6) is 0.276. The van der Waals surface area contributed by atoms with E-state index in [1.165, 1.54) is 3.97 Å². The van der Waals surface area contributed by atoms with Crippen LogP contribution in [0.1, 0.15) is 24.5 Å². The van der Waals surface area contributed by atoms with Gasteiger partial charge in [0.1, 0.15) is 4.90 Å². The minimum atomic E-state index is -3.82. The van der Waals surface area contributed by atoms with E-state index >= 15 is 0 Å². The monoisotopic (exact) mass is 378 g/mol. The summed E-state index contributed by atoms with van der Waals surface area (Å²) in [7, 11) is -3.82. The van der Waals surface area contributed by atoms with Crippen LogP contribution in [-0.4, -0.2) is 22.5 Å². The molecule has 0 bridgehead atoms. The number of para-hydroxylation sites is 1. The number of aliphatic hydroxyl groups is 1. The van der Waals surface area contributed by atoms with Gasteiger partial charge in [-0.2, -0.15) is 0 Å². The molecule has 1 saturated carbocycles. The van der Waals surface area contributed by atoms with E-state index in [-0.39, 0.29) is 10.8 Å². The van der Waals surface area contributed by atoms with E-state index in [0.29, 0.717) is 11.0 Å². The smallest absolute Gasteiger partial charge is 0.270 e. The number of fused-ring (bicyclic) bond motifs is 2. The zero-order valence-electron chi connectivity index (χ0n) is 14.5. The summed E-state index contributed by atoms with van der Waals surface area (Å²) < 4.78 is 28.1. The number of hydrogen-bond donors (Lipinski definition) is 1. The Morgan fingerprint density at radius 3 is 2.63 bits per heavy atom. The molecule has 2 aromatic carbocycles. The maximum absolute atomic E-state index is 13.4. The minimum absolute atomic E-state index is 0.172. The van der Waals surface area contributed by atoms with Crippen LogP contribution in [0.5, 0.6) is 0 Å². The third-order valence-electron chi connectivity index (χ3n) is 5.25. The summed E-state index contributed by atoms with van der Waals surface area (Å²) in [6.45, 7) is 0. The van der Waals surface area contributed by atoms with Crippen molar-refractivity contribution in [2.24, 2.45) is 5.92 Å². The minimum Gasteiger partial charge on any atom is -0.388 e. The second kappa shape index (κ2) is 5.90. The van der Waals surface area contributed by atoms with Gasteiger partial charge in [0.15, 0.2) is 0 Å². The Hall–Kier alpha value is -2.70. The lowest BCUT2D eigenvalue weighted by Gasteiger charge is -2.13. The van der Waals surface area contributed by atoms with Gasteiger partial charge in [-0.1, -0.05) is 30.3 Å². The van der Waals surface area contributed by atoms with Crippen LogP contribution in [0.4, 0.5) is 0 Å². The topological polar surface area (TPSA) is 72.2 Å². The first kappa shape index (κ1) is 16.5. The fourth-order valence-electron chi connectivity index (χ4n) is 3.69. The molecule has 0 saturated heterocycles. The van der Waals surface area contributed by atoms with Gasteiger partial charge in [-0.05, 0) is 48.6 Å². The van der Waals surface area contributed by atoms with Crippen LogP contribution in [0.2, 0.25) is 0 Å². The summed E-state index contributed by atoms with van der Waals surface area (Å²) in [6, 6.07) is 16.0. The first-order chi connectivity index (χ1) is 13.1. The van der Waals surface area contributed by atoms with Crippen LogP contribution in [-0.2, 0) is 10.0 Å². The average molecular weight is 378 g/mol. The number of pyridine rings is 1. The van der Waals surface area contributed by atoms with E-state index in [2.05, 4.69) is 4.98 Å². The highest BCUT2D eigenvalue weighted by Gasteiger charge is 2.32. The van der Waals surface area contributed by atoms with Crippen LogP contribution < -0.4 is 0 Å². The SMILES string of the molecule is O=S(=O)(c1cccc2cccnc12)n1ccc2c(C(O)C3CC3)cccc21. The van der Waals surface area contributed by atoms with Gasteiger partial charge in [-0.15, -0.1) is 0 Å². The van der Waals surface area contributed by atoms with E-state index in [4.69, 9.17) is 0 Å². The zero-order chi connectivity index (χ0) is 18.6. The van der Waals surface area contributed by atoms with Crippen LogP contribution in [0, 0.1) is 5.92 Å². The van der Waals surface area contributed by atoms with Gasteiger partial charge in [0.2, 0.25) is 0 Å². The van der Waals surface area contributed by atoms with Crippen molar-refractivity contribution in [3.8, 4) is 0 Å². The number of rotatable bonds is 4. The van der Waals surface area contributed by atoms with Crippen molar-refractivity contribution in [3.05, 3.63) is 72.6 Å². The number of hydrogen-bond acceptors (Lipinski definition) is 4. The molecule has 27 heavy (non-hydrogen) atoms. The Balaban J connectivity index is 1.72. The number of benzene rings is 2. The second-order valence-electron chi connectivity index (χ2n) is 7.01. The summed E-state index contributed by atoms with van der Waals surface area (Å²) >= 11 is 0. The number of nitrogens with zero attached hydrogens (tertiary/aromatic N) is 2. The molecule has 1 aliphatic carbocycles. The Bertz CT molecular complexity index is 1270. The average Bonchev–Trinajstić information content (AvgIpc) is 3.44. The molecule has 0 aliphatic heterocycles. The van der Waals surface area contributed by atoms with Crippen LogP contribution >= 0.6 is 0 Å². The van der Waals surface area contributed by atoms with Crippen molar-refractivity contribution < 1.29 is 13.5 Å². The maximum Gasteiger partial charge on any atom is 0.270 e.